The monoisotopic (exact) mass is 287 g/mol. The summed E-state index contributed by atoms with van der Waals surface area (Å²) in [6, 6.07) is 4.49. The highest BCUT2D eigenvalue weighted by atomic mass is 32.2. The maximum atomic E-state index is 9.08. The third kappa shape index (κ3) is 13.3. The normalized spacial score (nSPS) is 10.7. The van der Waals surface area contributed by atoms with Crippen molar-refractivity contribution in [2.24, 2.45) is 0 Å². The summed E-state index contributed by atoms with van der Waals surface area (Å²) < 4.78 is 29.5. The predicted octanol–water partition coefficient (Wildman–Crippen LogP) is 2.28. The Balaban J connectivity index is 0.000000555. The highest BCUT2D eigenvalue weighted by molar-refractivity contribution is 7.84. The van der Waals surface area contributed by atoms with E-state index in [1.54, 1.807) is 0 Å². The molecule has 0 saturated carbocycles. The Morgan fingerprint density at radius 2 is 1.63 bits per heavy atom. The molecule has 0 aliphatic rings. The van der Waals surface area contributed by atoms with Crippen molar-refractivity contribution in [2.45, 2.75) is 52.5 Å². The second-order valence-corrected chi connectivity index (χ2v) is 6.01. The summed E-state index contributed by atoms with van der Waals surface area (Å²) in [7, 11) is -3.92. The van der Waals surface area contributed by atoms with Crippen LogP contribution < -0.4 is 4.57 Å². The molecule has 1 heterocycles. The second-order valence-electron chi connectivity index (χ2n) is 4.61. The molecular formula is C14H25NO3S. The molecule has 1 rings (SSSR count). The third-order valence-corrected chi connectivity index (χ3v) is 2.52. The van der Waals surface area contributed by atoms with E-state index < -0.39 is 10.1 Å². The Morgan fingerprint density at radius 1 is 1.11 bits per heavy atom. The van der Waals surface area contributed by atoms with Crippen molar-refractivity contribution in [2.75, 3.05) is 6.26 Å². The summed E-state index contributed by atoms with van der Waals surface area (Å²) in [5.74, 6) is 0. The van der Waals surface area contributed by atoms with Gasteiger partial charge < -0.3 is 4.55 Å². The smallest absolute Gasteiger partial charge is 0.169 e. The lowest BCUT2D eigenvalue weighted by Gasteiger charge is -1.98. The van der Waals surface area contributed by atoms with E-state index in [1.165, 1.54) is 44.2 Å². The number of hydrogen-bond donors (Lipinski definition) is 0. The fraction of sp³-hybridized carbons (Fsp3) is 0.643. The first-order chi connectivity index (χ1) is 8.86. The van der Waals surface area contributed by atoms with Gasteiger partial charge in [-0.1, -0.05) is 26.7 Å². The second kappa shape index (κ2) is 9.92. The van der Waals surface area contributed by atoms with Crippen molar-refractivity contribution in [3.05, 3.63) is 30.1 Å². The number of pyridine rings is 1. The van der Waals surface area contributed by atoms with Crippen molar-refractivity contribution in [3.63, 3.8) is 0 Å². The largest absolute Gasteiger partial charge is 0.748 e. The lowest BCUT2D eigenvalue weighted by molar-refractivity contribution is -0.697. The van der Waals surface area contributed by atoms with Gasteiger partial charge in [-0.15, -0.1) is 0 Å². The van der Waals surface area contributed by atoms with E-state index in [9.17, 15) is 0 Å². The average molecular weight is 287 g/mol. The van der Waals surface area contributed by atoms with Gasteiger partial charge in [-0.2, -0.15) is 0 Å². The molecule has 0 bridgehead atoms. The van der Waals surface area contributed by atoms with Crippen LogP contribution in [0.15, 0.2) is 24.5 Å². The molecule has 0 aromatic carbocycles. The van der Waals surface area contributed by atoms with Crippen LogP contribution in [-0.2, 0) is 23.1 Å². The van der Waals surface area contributed by atoms with E-state index in [1.807, 2.05) is 0 Å². The number of nitrogens with zero attached hydrogens (tertiary/aromatic N) is 1. The number of rotatable bonds is 6. The first kappa shape index (κ1) is 18.1. The van der Waals surface area contributed by atoms with Crippen LogP contribution in [0.2, 0.25) is 0 Å². The maximum absolute atomic E-state index is 9.08. The Labute approximate surface area is 117 Å². The summed E-state index contributed by atoms with van der Waals surface area (Å²) in [4.78, 5) is 0. The zero-order chi connectivity index (χ0) is 14.7. The first-order valence-corrected chi connectivity index (χ1v) is 8.57. The van der Waals surface area contributed by atoms with Crippen molar-refractivity contribution < 1.29 is 17.5 Å². The maximum Gasteiger partial charge on any atom is 0.169 e. The van der Waals surface area contributed by atoms with Gasteiger partial charge in [0.15, 0.2) is 12.4 Å². The molecule has 1 aromatic rings. The molecular weight excluding hydrogens is 262 g/mol. The molecule has 5 heteroatoms. The van der Waals surface area contributed by atoms with E-state index in [-0.39, 0.29) is 0 Å². The number of hydrogen-bond acceptors (Lipinski definition) is 3. The van der Waals surface area contributed by atoms with E-state index in [0.29, 0.717) is 6.26 Å². The van der Waals surface area contributed by atoms with Gasteiger partial charge in [0, 0.05) is 24.8 Å². The van der Waals surface area contributed by atoms with Crippen LogP contribution in [0.25, 0.3) is 0 Å². The molecule has 0 amide bonds. The molecule has 0 unspecified atom stereocenters. The van der Waals surface area contributed by atoms with Crippen molar-refractivity contribution in [1.29, 1.82) is 0 Å². The minimum atomic E-state index is -3.92. The van der Waals surface area contributed by atoms with Crippen LogP contribution in [0.1, 0.15) is 45.1 Å². The van der Waals surface area contributed by atoms with Crippen molar-refractivity contribution in [3.8, 4) is 0 Å². The molecule has 0 N–H and O–H groups in total. The van der Waals surface area contributed by atoms with Crippen LogP contribution in [0.4, 0.5) is 0 Å². The van der Waals surface area contributed by atoms with E-state index in [0.717, 1.165) is 0 Å². The molecule has 0 radical (unpaired) electrons. The van der Waals surface area contributed by atoms with Gasteiger partial charge in [-0.3, -0.25) is 0 Å². The molecule has 0 aliphatic carbocycles. The standard InChI is InChI=1S/C13H22N.CH4O3S/c1-3-5-6-10-14-11-8-13(7-4-2)9-12-14;1-5(2,3)4/h8-9,11-12H,3-7,10H2,1-2H3;1H3,(H,2,3,4)/q+1;/p-1. The van der Waals surface area contributed by atoms with Crippen LogP contribution in [0.5, 0.6) is 0 Å². The Hall–Kier alpha value is -0.940. The summed E-state index contributed by atoms with van der Waals surface area (Å²) in [6.45, 7) is 5.64. The van der Waals surface area contributed by atoms with Gasteiger partial charge in [0.1, 0.15) is 6.54 Å². The molecule has 0 atom stereocenters. The molecule has 19 heavy (non-hydrogen) atoms. The molecule has 0 aliphatic heterocycles. The highest BCUT2D eigenvalue weighted by Gasteiger charge is 1.99. The van der Waals surface area contributed by atoms with Crippen LogP contribution in [0.3, 0.4) is 0 Å². The van der Waals surface area contributed by atoms with E-state index in [2.05, 4.69) is 42.9 Å². The lowest BCUT2D eigenvalue weighted by atomic mass is 10.1. The van der Waals surface area contributed by atoms with Gasteiger partial charge >= 0.3 is 0 Å². The van der Waals surface area contributed by atoms with Gasteiger partial charge in [-0.25, -0.2) is 13.0 Å². The predicted molar refractivity (Wildman–Crippen MR) is 75.8 cm³/mol. The lowest BCUT2D eigenvalue weighted by Crippen LogP contribution is -2.32. The first-order valence-electron chi connectivity index (χ1n) is 6.75. The molecule has 4 nitrogen and oxygen atoms in total. The molecule has 0 spiro atoms. The van der Waals surface area contributed by atoms with E-state index in [4.69, 9.17) is 13.0 Å². The summed E-state index contributed by atoms with van der Waals surface area (Å²) in [5.41, 5.74) is 1.46. The van der Waals surface area contributed by atoms with E-state index >= 15 is 0 Å². The molecule has 1 aromatic heterocycles. The van der Waals surface area contributed by atoms with Gasteiger partial charge in [0.25, 0.3) is 0 Å². The van der Waals surface area contributed by atoms with Gasteiger partial charge in [0.05, 0.1) is 10.1 Å². The van der Waals surface area contributed by atoms with Gasteiger partial charge in [0.2, 0.25) is 0 Å². The zero-order valence-corrected chi connectivity index (χ0v) is 12.9. The zero-order valence-electron chi connectivity index (χ0n) is 12.1. The van der Waals surface area contributed by atoms with Gasteiger partial charge in [-0.05, 0) is 18.4 Å². The van der Waals surface area contributed by atoms with Crippen molar-refractivity contribution in [1.82, 2.24) is 0 Å². The average Bonchev–Trinajstić information content (AvgIpc) is 2.30. The Morgan fingerprint density at radius 3 is 2.05 bits per heavy atom. The fourth-order valence-corrected chi connectivity index (χ4v) is 1.64. The minimum Gasteiger partial charge on any atom is -0.748 e. The molecule has 0 saturated heterocycles. The molecule has 110 valence electrons. The summed E-state index contributed by atoms with van der Waals surface area (Å²) in [5, 5.41) is 0. The minimum absolute atomic E-state index is 0.604. The summed E-state index contributed by atoms with van der Waals surface area (Å²) in [6.07, 6.45) is 11.4. The number of aryl methyl sites for hydroxylation is 2. The highest BCUT2D eigenvalue weighted by Crippen LogP contribution is 1.99. The Kier molecular flexibility index (Phi) is 9.43. The number of aromatic nitrogens is 1. The fourth-order valence-electron chi connectivity index (χ4n) is 1.64. The Bertz CT molecular complexity index is 419. The quantitative estimate of drug-likeness (QED) is 0.458. The topological polar surface area (TPSA) is 61.1 Å². The number of unbranched alkanes of at least 4 members (excludes halogenated alkanes) is 2. The SMILES string of the molecule is CCCCC[n+]1ccc(CCC)cc1.CS(=O)(=O)[O-]. The van der Waals surface area contributed by atoms with Crippen LogP contribution >= 0.6 is 0 Å². The third-order valence-electron chi connectivity index (χ3n) is 2.52. The molecule has 0 fully saturated rings. The van der Waals surface area contributed by atoms with Crippen LogP contribution in [0, 0.1) is 0 Å². The van der Waals surface area contributed by atoms with Crippen LogP contribution in [-0.4, -0.2) is 19.2 Å². The van der Waals surface area contributed by atoms with Crippen molar-refractivity contribution >= 4 is 10.1 Å². The summed E-state index contributed by atoms with van der Waals surface area (Å²) >= 11 is 0.